The molecule has 0 atom stereocenters. The molecule has 1 aromatic heterocycles. The van der Waals surface area contributed by atoms with Crippen LogP contribution in [0.1, 0.15) is 20.3 Å². The SMILES string of the molecule is CC(C)CC(=O)Nc1ccc(-c2cnc3cc(Cl)ccc3n2)cc1. The first-order valence-electron chi connectivity index (χ1n) is 7.84. The van der Waals surface area contributed by atoms with Crippen molar-refractivity contribution in [1.29, 1.82) is 0 Å². The zero-order valence-electron chi connectivity index (χ0n) is 13.6. The molecule has 5 heteroatoms. The molecule has 0 spiro atoms. The molecule has 0 unspecified atom stereocenters. The lowest BCUT2D eigenvalue weighted by Gasteiger charge is -2.08. The highest BCUT2D eigenvalue weighted by atomic mass is 35.5. The van der Waals surface area contributed by atoms with Crippen LogP contribution in [0.5, 0.6) is 0 Å². The summed E-state index contributed by atoms with van der Waals surface area (Å²) >= 11 is 5.96. The van der Waals surface area contributed by atoms with Gasteiger partial charge in [-0.1, -0.05) is 37.6 Å². The van der Waals surface area contributed by atoms with Crippen molar-refractivity contribution in [3.05, 3.63) is 53.7 Å². The van der Waals surface area contributed by atoms with Gasteiger partial charge >= 0.3 is 0 Å². The van der Waals surface area contributed by atoms with Gasteiger partial charge in [-0.15, -0.1) is 0 Å². The average molecular weight is 340 g/mol. The number of anilines is 1. The number of nitrogens with one attached hydrogen (secondary N) is 1. The van der Waals surface area contributed by atoms with Crippen LogP contribution in [0.15, 0.2) is 48.7 Å². The Kier molecular flexibility index (Phi) is 4.76. The molecule has 24 heavy (non-hydrogen) atoms. The molecule has 3 aromatic rings. The van der Waals surface area contributed by atoms with E-state index in [4.69, 9.17) is 11.6 Å². The summed E-state index contributed by atoms with van der Waals surface area (Å²) in [5, 5.41) is 3.54. The number of nitrogens with zero attached hydrogens (tertiary/aromatic N) is 2. The van der Waals surface area contributed by atoms with Crippen LogP contribution in [-0.4, -0.2) is 15.9 Å². The molecular weight excluding hydrogens is 322 g/mol. The number of aromatic nitrogens is 2. The molecule has 122 valence electrons. The second-order valence-electron chi connectivity index (χ2n) is 6.11. The molecule has 1 heterocycles. The number of hydrogen-bond acceptors (Lipinski definition) is 3. The molecular formula is C19H18ClN3O. The number of carbonyl (C=O) groups excluding carboxylic acids is 1. The van der Waals surface area contributed by atoms with Crippen LogP contribution >= 0.6 is 11.6 Å². The highest BCUT2D eigenvalue weighted by Gasteiger charge is 2.07. The van der Waals surface area contributed by atoms with E-state index in [0.717, 1.165) is 28.0 Å². The second-order valence-corrected chi connectivity index (χ2v) is 6.55. The summed E-state index contributed by atoms with van der Waals surface area (Å²) in [6, 6.07) is 13.1. The number of rotatable bonds is 4. The van der Waals surface area contributed by atoms with Gasteiger partial charge in [-0.3, -0.25) is 9.78 Å². The summed E-state index contributed by atoms with van der Waals surface area (Å²) < 4.78 is 0. The second kappa shape index (κ2) is 6.97. The highest BCUT2D eigenvalue weighted by molar-refractivity contribution is 6.31. The molecule has 0 bridgehead atoms. The van der Waals surface area contributed by atoms with E-state index in [1.165, 1.54) is 0 Å². The number of fused-ring (bicyclic) bond motifs is 1. The molecule has 0 aliphatic carbocycles. The van der Waals surface area contributed by atoms with Gasteiger partial charge in [0.15, 0.2) is 0 Å². The fraction of sp³-hybridized carbons (Fsp3) is 0.211. The molecule has 0 saturated carbocycles. The number of hydrogen-bond donors (Lipinski definition) is 1. The summed E-state index contributed by atoms with van der Waals surface area (Å²) in [7, 11) is 0. The molecule has 1 N–H and O–H groups in total. The van der Waals surface area contributed by atoms with Crippen LogP contribution in [0.2, 0.25) is 5.02 Å². The minimum Gasteiger partial charge on any atom is -0.326 e. The number of halogens is 1. The molecule has 0 saturated heterocycles. The van der Waals surface area contributed by atoms with Crippen molar-refractivity contribution in [1.82, 2.24) is 9.97 Å². The Morgan fingerprint density at radius 1 is 1.12 bits per heavy atom. The van der Waals surface area contributed by atoms with Crippen LogP contribution in [0, 0.1) is 5.92 Å². The lowest BCUT2D eigenvalue weighted by atomic mass is 10.1. The summed E-state index contributed by atoms with van der Waals surface area (Å²) in [5.41, 5.74) is 4.08. The van der Waals surface area contributed by atoms with Crippen molar-refractivity contribution < 1.29 is 4.79 Å². The summed E-state index contributed by atoms with van der Waals surface area (Å²) in [5.74, 6) is 0.366. The molecule has 4 nitrogen and oxygen atoms in total. The minimum atomic E-state index is 0.0279. The quantitative estimate of drug-likeness (QED) is 0.732. The minimum absolute atomic E-state index is 0.0279. The third kappa shape index (κ3) is 3.89. The Morgan fingerprint density at radius 2 is 1.88 bits per heavy atom. The van der Waals surface area contributed by atoms with Crippen molar-refractivity contribution in [2.75, 3.05) is 5.32 Å². The van der Waals surface area contributed by atoms with Gasteiger partial charge in [-0.05, 0) is 36.2 Å². The van der Waals surface area contributed by atoms with E-state index in [9.17, 15) is 4.79 Å². The molecule has 2 aromatic carbocycles. The van der Waals surface area contributed by atoms with Gasteiger partial charge in [0, 0.05) is 22.7 Å². The van der Waals surface area contributed by atoms with Crippen LogP contribution in [-0.2, 0) is 4.79 Å². The first kappa shape index (κ1) is 16.4. The molecule has 3 rings (SSSR count). The van der Waals surface area contributed by atoms with Crippen LogP contribution < -0.4 is 5.32 Å². The summed E-state index contributed by atoms with van der Waals surface area (Å²) in [6.45, 7) is 4.04. The van der Waals surface area contributed by atoms with E-state index in [1.807, 2.05) is 44.2 Å². The van der Waals surface area contributed by atoms with Crippen LogP contribution in [0.25, 0.3) is 22.3 Å². The van der Waals surface area contributed by atoms with Gasteiger partial charge in [0.25, 0.3) is 0 Å². The van der Waals surface area contributed by atoms with E-state index in [2.05, 4.69) is 15.3 Å². The van der Waals surface area contributed by atoms with Gasteiger partial charge in [0.1, 0.15) is 0 Å². The predicted octanol–water partition coefficient (Wildman–Crippen LogP) is 4.93. The van der Waals surface area contributed by atoms with E-state index in [0.29, 0.717) is 17.4 Å². The average Bonchev–Trinajstić information content (AvgIpc) is 2.54. The molecule has 0 radical (unpaired) electrons. The van der Waals surface area contributed by atoms with Gasteiger partial charge in [0.2, 0.25) is 5.91 Å². The fourth-order valence-corrected chi connectivity index (χ4v) is 2.60. The van der Waals surface area contributed by atoms with E-state index in [-0.39, 0.29) is 5.91 Å². The molecule has 0 aliphatic heterocycles. The predicted molar refractivity (Wildman–Crippen MR) is 98.1 cm³/mol. The van der Waals surface area contributed by atoms with Gasteiger partial charge in [-0.2, -0.15) is 0 Å². The number of carbonyl (C=O) groups is 1. The third-order valence-corrected chi connectivity index (χ3v) is 3.80. The van der Waals surface area contributed by atoms with Crippen molar-refractivity contribution in [2.24, 2.45) is 5.92 Å². The smallest absolute Gasteiger partial charge is 0.224 e. The fourth-order valence-electron chi connectivity index (χ4n) is 2.43. The van der Waals surface area contributed by atoms with Gasteiger partial charge < -0.3 is 5.32 Å². The van der Waals surface area contributed by atoms with E-state index >= 15 is 0 Å². The van der Waals surface area contributed by atoms with Gasteiger partial charge in [0.05, 0.1) is 22.9 Å². The Hall–Kier alpha value is -2.46. The normalized spacial score (nSPS) is 11.0. The Bertz CT molecular complexity index is 875. The standard InChI is InChI=1S/C19H18ClN3O/c1-12(2)9-19(24)22-15-6-3-13(4-7-15)18-11-21-17-10-14(20)5-8-16(17)23-18/h3-8,10-12H,9H2,1-2H3,(H,22,24). The highest BCUT2D eigenvalue weighted by Crippen LogP contribution is 2.23. The number of benzene rings is 2. The monoisotopic (exact) mass is 339 g/mol. The topological polar surface area (TPSA) is 54.9 Å². The Morgan fingerprint density at radius 3 is 2.58 bits per heavy atom. The molecule has 1 amide bonds. The van der Waals surface area contributed by atoms with Crippen molar-refractivity contribution in [3.63, 3.8) is 0 Å². The van der Waals surface area contributed by atoms with Crippen molar-refractivity contribution >= 4 is 34.2 Å². The number of amides is 1. The van der Waals surface area contributed by atoms with Crippen molar-refractivity contribution in [2.45, 2.75) is 20.3 Å². The zero-order chi connectivity index (χ0) is 17.1. The first-order valence-corrected chi connectivity index (χ1v) is 8.21. The third-order valence-electron chi connectivity index (χ3n) is 3.56. The molecule has 0 aliphatic rings. The van der Waals surface area contributed by atoms with E-state index < -0.39 is 0 Å². The maximum atomic E-state index is 11.8. The van der Waals surface area contributed by atoms with E-state index in [1.54, 1.807) is 18.3 Å². The summed E-state index contributed by atoms with van der Waals surface area (Å²) in [4.78, 5) is 20.8. The lowest BCUT2D eigenvalue weighted by molar-refractivity contribution is -0.116. The zero-order valence-corrected chi connectivity index (χ0v) is 14.3. The van der Waals surface area contributed by atoms with Crippen molar-refractivity contribution in [3.8, 4) is 11.3 Å². The maximum Gasteiger partial charge on any atom is 0.224 e. The summed E-state index contributed by atoms with van der Waals surface area (Å²) in [6.07, 6.45) is 2.24. The Balaban J connectivity index is 1.80. The van der Waals surface area contributed by atoms with Crippen LogP contribution in [0.3, 0.4) is 0 Å². The largest absolute Gasteiger partial charge is 0.326 e. The first-order chi connectivity index (χ1) is 11.5. The molecule has 0 fully saturated rings. The maximum absolute atomic E-state index is 11.8. The Labute approximate surface area is 145 Å². The lowest BCUT2D eigenvalue weighted by Crippen LogP contribution is -2.13. The van der Waals surface area contributed by atoms with Gasteiger partial charge in [-0.25, -0.2) is 4.98 Å². The van der Waals surface area contributed by atoms with Crippen LogP contribution in [0.4, 0.5) is 5.69 Å².